The number of morpholine rings is 1. The topological polar surface area (TPSA) is 41.6 Å². The predicted octanol–water partition coefficient (Wildman–Crippen LogP) is 1.55. The van der Waals surface area contributed by atoms with Crippen molar-refractivity contribution in [3.8, 4) is 0 Å². The summed E-state index contributed by atoms with van der Waals surface area (Å²) in [7, 11) is 0. The summed E-state index contributed by atoms with van der Waals surface area (Å²) in [6, 6.07) is -0.482. The number of carbonyl (C=O) groups excluding carboxylic acids is 1. The highest BCUT2D eigenvalue weighted by atomic mass is 19.4. The molecule has 2 fully saturated rings. The van der Waals surface area contributed by atoms with Gasteiger partial charge in [-0.25, -0.2) is 0 Å². The fourth-order valence-corrected chi connectivity index (χ4v) is 2.73. The van der Waals surface area contributed by atoms with E-state index in [-0.39, 0.29) is 31.4 Å². The van der Waals surface area contributed by atoms with Gasteiger partial charge in [0.05, 0.1) is 24.7 Å². The minimum absolute atomic E-state index is 0.0223. The number of nitrogens with one attached hydrogen (secondary N) is 1. The number of amides is 1. The second kappa shape index (κ2) is 6.30. The molecule has 0 aromatic heterocycles. The van der Waals surface area contributed by atoms with Crippen LogP contribution in [0.3, 0.4) is 0 Å². The monoisotopic (exact) mass is 294 g/mol. The first-order valence-electron chi connectivity index (χ1n) is 7.12. The maximum atomic E-state index is 12.6. The minimum Gasteiger partial charge on any atom is -0.375 e. The number of hydrogen-bond acceptors (Lipinski definition) is 3. The Morgan fingerprint density at radius 1 is 1.40 bits per heavy atom. The average Bonchev–Trinajstić information content (AvgIpc) is 2.46. The summed E-state index contributed by atoms with van der Waals surface area (Å²) < 4.78 is 43.2. The van der Waals surface area contributed by atoms with Crippen LogP contribution in [0.25, 0.3) is 0 Å². The van der Waals surface area contributed by atoms with Crippen molar-refractivity contribution in [2.75, 3.05) is 26.2 Å². The molecule has 2 saturated heterocycles. The largest absolute Gasteiger partial charge is 0.393 e. The Labute approximate surface area is 116 Å². The normalized spacial score (nSPS) is 32.2. The van der Waals surface area contributed by atoms with Crippen molar-refractivity contribution in [3.05, 3.63) is 0 Å². The quantitative estimate of drug-likeness (QED) is 0.840. The molecule has 2 aliphatic rings. The molecular weight excluding hydrogens is 273 g/mol. The molecule has 0 aliphatic carbocycles. The van der Waals surface area contributed by atoms with Gasteiger partial charge >= 0.3 is 6.18 Å². The predicted molar refractivity (Wildman–Crippen MR) is 67.2 cm³/mol. The van der Waals surface area contributed by atoms with Crippen molar-refractivity contribution in [2.45, 2.75) is 44.5 Å². The van der Waals surface area contributed by atoms with E-state index in [1.807, 2.05) is 6.92 Å². The molecular formula is C13H21F3N2O2. The minimum atomic E-state index is -4.17. The summed E-state index contributed by atoms with van der Waals surface area (Å²) in [4.78, 5) is 14.0. The third-order valence-electron chi connectivity index (χ3n) is 4.08. The lowest BCUT2D eigenvalue weighted by atomic mass is 9.93. The molecule has 0 bridgehead atoms. The zero-order chi connectivity index (χ0) is 14.8. The Morgan fingerprint density at radius 3 is 2.70 bits per heavy atom. The van der Waals surface area contributed by atoms with Crippen LogP contribution in [0.2, 0.25) is 0 Å². The van der Waals surface area contributed by atoms with Gasteiger partial charge in [0.1, 0.15) is 0 Å². The average molecular weight is 294 g/mol. The SMILES string of the molecule is CCC1CN(C(=O)C2CCC(C(F)(F)F)CN2)CCO1. The van der Waals surface area contributed by atoms with Gasteiger partial charge in [0.25, 0.3) is 0 Å². The molecule has 4 nitrogen and oxygen atoms in total. The van der Waals surface area contributed by atoms with Gasteiger partial charge in [-0.1, -0.05) is 6.92 Å². The van der Waals surface area contributed by atoms with Crippen molar-refractivity contribution in [1.82, 2.24) is 10.2 Å². The van der Waals surface area contributed by atoms with Crippen molar-refractivity contribution >= 4 is 5.91 Å². The highest BCUT2D eigenvalue weighted by Gasteiger charge is 2.43. The van der Waals surface area contributed by atoms with E-state index >= 15 is 0 Å². The molecule has 1 amide bonds. The third kappa shape index (κ3) is 3.63. The third-order valence-corrected chi connectivity index (χ3v) is 4.08. The zero-order valence-electron chi connectivity index (χ0n) is 11.6. The molecule has 3 unspecified atom stereocenters. The first kappa shape index (κ1) is 15.6. The number of halogens is 3. The highest BCUT2D eigenvalue weighted by Crippen LogP contribution is 2.32. The number of piperidine rings is 1. The molecule has 1 N–H and O–H groups in total. The van der Waals surface area contributed by atoms with Crippen LogP contribution in [-0.2, 0) is 9.53 Å². The van der Waals surface area contributed by atoms with Gasteiger partial charge in [-0.2, -0.15) is 13.2 Å². The number of hydrogen-bond donors (Lipinski definition) is 1. The van der Waals surface area contributed by atoms with Crippen LogP contribution in [-0.4, -0.2) is 55.4 Å². The van der Waals surface area contributed by atoms with E-state index < -0.39 is 18.1 Å². The first-order chi connectivity index (χ1) is 9.41. The van der Waals surface area contributed by atoms with Crippen LogP contribution < -0.4 is 5.32 Å². The molecule has 0 aromatic carbocycles. The number of alkyl halides is 3. The van der Waals surface area contributed by atoms with E-state index in [1.165, 1.54) is 0 Å². The van der Waals surface area contributed by atoms with E-state index in [0.717, 1.165) is 6.42 Å². The molecule has 0 radical (unpaired) electrons. The summed E-state index contributed by atoms with van der Waals surface area (Å²) in [6.07, 6.45) is -3.03. The van der Waals surface area contributed by atoms with Crippen molar-refractivity contribution in [2.24, 2.45) is 5.92 Å². The van der Waals surface area contributed by atoms with Crippen molar-refractivity contribution in [3.63, 3.8) is 0 Å². The van der Waals surface area contributed by atoms with E-state index in [2.05, 4.69) is 5.32 Å². The van der Waals surface area contributed by atoms with Crippen LogP contribution in [0.15, 0.2) is 0 Å². The molecule has 0 saturated carbocycles. The number of nitrogens with zero attached hydrogens (tertiary/aromatic N) is 1. The summed E-state index contributed by atoms with van der Waals surface area (Å²) in [5.41, 5.74) is 0. The molecule has 3 atom stereocenters. The molecule has 2 heterocycles. The Balaban J connectivity index is 1.85. The van der Waals surface area contributed by atoms with Crippen LogP contribution in [0.4, 0.5) is 13.2 Å². The lowest BCUT2D eigenvalue weighted by molar-refractivity contribution is -0.181. The molecule has 0 spiro atoms. The number of ether oxygens (including phenoxy) is 1. The second-order valence-corrected chi connectivity index (χ2v) is 5.46. The van der Waals surface area contributed by atoms with Crippen LogP contribution in [0, 0.1) is 5.92 Å². The van der Waals surface area contributed by atoms with Gasteiger partial charge in [0, 0.05) is 19.6 Å². The summed E-state index contributed by atoms with van der Waals surface area (Å²) >= 11 is 0. The Hall–Kier alpha value is -0.820. The van der Waals surface area contributed by atoms with Crippen molar-refractivity contribution < 1.29 is 22.7 Å². The maximum Gasteiger partial charge on any atom is 0.393 e. The zero-order valence-corrected chi connectivity index (χ0v) is 11.6. The van der Waals surface area contributed by atoms with Crippen LogP contribution in [0.5, 0.6) is 0 Å². The smallest absolute Gasteiger partial charge is 0.375 e. The molecule has 20 heavy (non-hydrogen) atoms. The van der Waals surface area contributed by atoms with Gasteiger partial charge in [0.15, 0.2) is 0 Å². The van der Waals surface area contributed by atoms with Gasteiger partial charge in [-0.15, -0.1) is 0 Å². The van der Waals surface area contributed by atoms with Crippen LogP contribution in [0.1, 0.15) is 26.2 Å². The number of rotatable bonds is 2. The highest BCUT2D eigenvalue weighted by molar-refractivity contribution is 5.82. The number of carbonyl (C=O) groups is 1. The second-order valence-electron chi connectivity index (χ2n) is 5.46. The van der Waals surface area contributed by atoms with Gasteiger partial charge < -0.3 is 15.0 Å². The Bertz CT molecular complexity index is 341. The lowest BCUT2D eigenvalue weighted by Gasteiger charge is -2.37. The molecule has 2 aliphatic heterocycles. The Kier molecular flexibility index (Phi) is 4.90. The molecule has 7 heteroatoms. The van der Waals surface area contributed by atoms with E-state index in [0.29, 0.717) is 19.7 Å². The lowest BCUT2D eigenvalue weighted by Crippen LogP contribution is -2.55. The van der Waals surface area contributed by atoms with Crippen molar-refractivity contribution in [1.29, 1.82) is 0 Å². The molecule has 116 valence electrons. The van der Waals surface area contributed by atoms with Gasteiger partial charge in [-0.05, 0) is 19.3 Å². The van der Waals surface area contributed by atoms with E-state index in [1.54, 1.807) is 4.90 Å². The first-order valence-corrected chi connectivity index (χ1v) is 7.12. The summed E-state index contributed by atoms with van der Waals surface area (Å²) in [5, 5.41) is 2.75. The van der Waals surface area contributed by atoms with Gasteiger partial charge in [-0.3, -0.25) is 4.79 Å². The maximum absolute atomic E-state index is 12.6. The summed E-state index contributed by atoms with van der Waals surface area (Å²) in [6.45, 7) is 3.39. The Morgan fingerprint density at radius 2 is 2.15 bits per heavy atom. The standard InChI is InChI=1S/C13H21F3N2O2/c1-2-10-8-18(5-6-20-10)12(19)11-4-3-9(7-17-11)13(14,15)16/h9-11,17H,2-8H2,1H3. The van der Waals surface area contributed by atoms with E-state index in [4.69, 9.17) is 4.74 Å². The fraction of sp³-hybridized carbons (Fsp3) is 0.923. The molecule has 2 rings (SSSR count). The van der Waals surface area contributed by atoms with Crippen LogP contribution >= 0.6 is 0 Å². The fourth-order valence-electron chi connectivity index (χ4n) is 2.73. The van der Waals surface area contributed by atoms with Gasteiger partial charge in [0.2, 0.25) is 5.91 Å². The van der Waals surface area contributed by atoms with E-state index in [9.17, 15) is 18.0 Å². The molecule has 0 aromatic rings. The summed E-state index contributed by atoms with van der Waals surface area (Å²) in [5.74, 6) is -1.42.